The monoisotopic (exact) mass is 374 g/mol. The number of aliphatic hydroxyl groups excluding tert-OH is 1. The van der Waals surface area contributed by atoms with E-state index in [0.29, 0.717) is 18.2 Å². The molecule has 0 aliphatic carbocycles. The summed E-state index contributed by atoms with van der Waals surface area (Å²) in [5.74, 6) is 0.733. The third kappa shape index (κ3) is 5.99. The normalized spacial score (nSPS) is 17.2. The topological polar surface area (TPSA) is 35.9 Å². The molecule has 0 amide bonds. The minimum absolute atomic E-state index is 0.297. The van der Waals surface area contributed by atoms with Crippen molar-refractivity contribution in [1.82, 2.24) is 9.80 Å². The molecule has 1 fully saturated rings. The Balaban J connectivity index is 1.37. The molecule has 5 heteroatoms. The standard InChI is InChI=1S/C21H27ClN2O2/c1-17-3-2-4-18(13-17)14-23-9-11-24(12-10-23)15-20(25)16-26-21-7-5-19(22)6-8-21/h2-8,13,20,25H,9-12,14-16H2,1H3. The van der Waals surface area contributed by atoms with Crippen LogP contribution in [0.2, 0.25) is 5.02 Å². The van der Waals surface area contributed by atoms with Crippen LogP contribution in [0.3, 0.4) is 0 Å². The summed E-state index contributed by atoms with van der Waals surface area (Å²) in [6.07, 6.45) is -0.492. The molecule has 1 saturated heterocycles. The molecule has 26 heavy (non-hydrogen) atoms. The summed E-state index contributed by atoms with van der Waals surface area (Å²) in [6, 6.07) is 15.9. The van der Waals surface area contributed by atoms with E-state index >= 15 is 0 Å². The van der Waals surface area contributed by atoms with Gasteiger partial charge >= 0.3 is 0 Å². The lowest BCUT2D eigenvalue weighted by Crippen LogP contribution is -2.48. The molecule has 3 rings (SSSR count). The molecule has 4 nitrogen and oxygen atoms in total. The van der Waals surface area contributed by atoms with Gasteiger partial charge in [0.1, 0.15) is 18.5 Å². The summed E-state index contributed by atoms with van der Waals surface area (Å²) in [6.45, 7) is 8.08. The lowest BCUT2D eigenvalue weighted by molar-refractivity contribution is 0.0446. The van der Waals surface area contributed by atoms with Crippen molar-refractivity contribution in [2.45, 2.75) is 19.6 Å². The Bertz CT molecular complexity index is 685. The average Bonchev–Trinajstić information content (AvgIpc) is 2.63. The maximum Gasteiger partial charge on any atom is 0.119 e. The Morgan fingerprint density at radius 3 is 2.42 bits per heavy atom. The van der Waals surface area contributed by atoms with Crippen LogP contribution in [0.25, 0.3) is 0 Å². The zero-order valence-electron chi connectivity index (χ0n) is 15.3. The van der Waals surface area contributed by atoms with E-state index in [1.54, 1.807) is 12.1 Å². The van der Waals surface area contributed by atoms with E-state index in [0.717, 1.165) is 38.5 Å². The first kappa shape index (κ1) is 19.2. The number of halogens is 1. The summed E-state index contributed by atoms with van der Waals surface area (Å²) in [7, 11) is 0. The van der Waals surface area contributed by atoms with Crippen LogP contribution in [0.15, 0.2) is 48.5 Å². The van der Waals surface area contributed by atoms with Crippen LogP contribution in [0.4, 0.5) is 0 Å². The third-order valence-corrected chi connectivity index (χ3v) is 4.93. The van der Waals surface area contributed by atoms with Gasteiger partial charge in [-0.2, -0.15) is 0 Å². The summed E-state index contributed by atoms with van der Waals surface area (Å²) in [5, 5.41) is 10.9. The van der Waals surface area contributed by atoms with Crippen molar-refractivity contribution in [3.63, 3.8) is 0 Å². The second kappa shape index (κ2) is 9.38. The predicted molar refractivity (Wildman–Crippen MR) is 106 cm³/mol. The highest BCUT2D eigenvalue weighted by atomic mass is 35.5. The fraction of sp³-hybridized carbons (Fsp3) is 0.429. The van der Waals surface area contributed by atoms with E-state index in [1.807, 2.05) is 12.1 Å². The molecule has 1 heterocycles. The Kier molecular flexibility index (Phi) is 6.92. The van der Waals surface area contributed by atoms with E-state index in [-0.39, 0.29) is 0 Å². The van der Waals surface area contributed by atoms with E-state index in [4.69, 9.17) is 16.3 Å². The Labute approximate surface area is 160 Å². The largest absolute Gasteiger partial charge is 0.491 e. The van der Waals surface area contributed by atoms with Crippen LogP contribution in [-0.2, 0) is 6.54 Å². The molecule has 1 aliphatic rings. The molecule has 0 aromatic heterocycles. The van der Waals surface area contributed by atoms with Gasteiger partial charge in [0, 0.05) is 44.3 Å². The van der Waals surface area contributed by atoms with Gasteiger partial charge in [-0.15, -0.1) is 0 Å². The van der Waals surface area contributed by atoms with Crippen LogP contribution >= 0.6 is 11.6 Å². The van der Waals surface area contributed by atoms with Crippen molar-refractivity contribution >= 4 is 11.6 Å². The van der Waals surface area contributed by atoms with Gasteiger partial charge in [-0.1, -0.05) is 41.4 Å². The molecule has 1 unspecified atom stereocenters. The highest BCUT2D eigenvalue weighted by molar-refractivity contribution is 6.30. The minimum atomic E-state index is -0.492. The van der Waals surface area contributed by atoms with E-state index in [9.17, 15) is 5.11 Å². The van der Waals surface area contributed by atoms with E-state index in [1.165, 1.54) is 11.1 Å². The molecule has 0 spiro atoms. The molecular weight excluding hydrogens is 348 g/mol. The molecular formula is C21H27ClN2O2. The summed E-state index contributed by atoms with van der Waals surface area (Å²) in [5.41, 5.74) is 2.68. The maximum atomic E-state index is 10.2. The van der Waals surface area contributed by atoms with Crippen molar-refractivity contribution in [3.8, 4) is 5.75 Å². The molecule has 2 aromatic carbocycles. The van der Waals surface area contributed by atoms with Crippen LogP contribution in [0.1, 0.15) is 11.1 Å². The number of aryl methyl sites for hydroxylation is 1. The van der Waals surface area contributed by atoms with Crippen molar-refractivity contribution in [3.05, 3.63) is 64.7 Å². The molecule has 0 bridgehead atoms. The van der Waals surface area contributed by atoms with Crippen LogP contribution in [0, 0.1) is 6.92 Å². The lowest BCUT2D eigenvalue weighted by atomic mass is 10.1. The van der Waals surface area contributed by atoms with Crippen LogP contribution in [-0.4, -0.2) is 60.3 Å². The van der Waals surface area contributed by atoms with E-state index < -0.39 is 6.10 Å². The van der Waals surface area contributed by atoms with Gasteiger partial charge in [0.15, 0.2) is 0 Å². The molecule has 0 saturated carbocycles. The lowest BCUT2D eigenvalue weighted by Gasteiger charge is -2.35. The molecule has 1 N–H and O–H groups in total. The number of piperazine rings is 1. The highest BCUT2D eigenvalue weighted by Crippen LogP contribution is 2.16. The number of benzene rings is 2. The molecule has 0 radical (unpaired) electrons. The zero-order valence-corrected chi connectivity index (χ0v) is 16.0. The van der Waals surface area contributed by atoms with Crippen molar-refractivity contribution < 1.29 is 9.84 Å². The predicted octanol–water partition coefficient (Wildman–Crippen LogP) is 3.21. The number of nitrogens with zero attached hydrogens (tertiary/aromatic N) is 2. The Hall–Kier alpha value is -1.59. The Morgan fingerprint density at radius 2 is 1.73 bits per heavy atom. The van der Waals surface area contributed by atoms with Crippen molar-refractivity contribution in [2.75, 3.05) is 39.3 Å². The molecule has 1 atom stereocenters. The summed E-state index contributed by atoms with van der Waals surface area (Å²) < 4.78 is 5.63. The van der Waals surface area contributed by atoms with Gasteiger partial charge < -0.3 is 9.84 Å². The summed E-state index contributed by atoms with van der Waals surface area (Å²) in [4.78, 5) is 4.78. The van der Waals surface area contributed by atoms with Gasteiger partial charge in [-0.25, -0.2) is 0 Å². The first-order valence-electron chi connectivity index (χ1n) is 9.15. The van der Waals surface area contributed by atoms with Gasteiger partial charge in [0.25, 0.3) is 0 Å². The molecule has 140 valence electrons. The fourth-order valence-electron chi connectivity index (χ4n) is 3.27. The van der Waals surface area contributed by atoms with Gasteiger partial charge in [-0.3, -0.25) is 9.80 Å². The molecule has 1 aliphatic heterocycles. The number of ether oxygens (including phenoxy) is 1. The van der Waals surface area contributed by atoms with Crippen molar-refractivity contribution in [1.29, 1.82) is 0 Å². The fourth-order valence-corrected chi connectivity index (χ4v) is 3.40. The average molecular weight is 375 g/mol. The quantitative estimate of drug-likeness (QED) is 0.807. The minimum Gasteiger partial charge on any atom is -0.491 e. The maximum absolute atomic E-state index is 10.2. The first-order valence-corrected chi connectivity index (χ1v) is 9.53. The van der Waals surface area contributed by atoms with Gasteiger partial charge in [0.2, 0.25) is 0 Å². The number of β-amino-alcohol motifs (C(OH)–C–C–N with tert-alkyl or cyclic N) is 1. The van der Waals surface area contributed by atoms with Crippen LogP contribution < -0.4 is 4.74 Å². The zero-order chi connectivity index (χ0) is 18.4. The smallest absolute Gasteiger partial charge is 0.119 e. The third-order valence-electron chi connectivity index (χ3n) is 4.68. The highest BCUT2D eigenvalue weighted by Gasteiger charge is 2.19. The number of rotatable bonds is 7. The number of aliphatic hydroxyl groups is 1. The number of hydrogen-bond acceptors (Lipinski definition) is 4. The number of hydrogen-bond donors (Lipinski definition) is 1. The molecule has 2 aromatic rings. The van der Waals surface area contributed by atoms with Gasteiger partial charge in [0.05, 0.1) is 0 Å². The SMILES string of the molecule is Cc1cccc(CN2CCN(CC(O)COc3ccc(Cl)cc3)CC2)c1. The summed E-state index contributed by atoms with van der Waals surface area (Å²) >= 11 is 5.86. The second-order valence-corrected chi connectivity index (χ2v) is 7.42. The van der Waals surface area contributed by atoms with Gasteiger partial charge in [-0.05, 0) is 36.8 Å². The van der Waals surface area contributed by atoms with Crippen molar-refractivity contribution in [2.24, 2.45) is 0 Å². The van der Waals surface area contributed by atoms with E-state index in [2.05, 4.69) is 41.0 Å². The second-order valence-electron chi connectivity index (χ2n) is 6.98. The van der Waals surface area contributed by atoms with Crippen LogP contribution in [0.5, 0.6) is 5.75 Å². The first-order chi connectivity index (χ1) is 12.6. The Morgan fingerprint density at radius 1 is 1.04 bits per heavy atom.